The lowest BCUT2D eigenvalue weighted by atomic mass is 10.0. The van der Waals surface area contributed by atoms with Crippen molar-refractivity contribution in [3.8, 4) is 0 Å². The zero-order valence-electron chi connectivity index (χ0n) is 14.1. The molecule has 2 amide bonds. The Balaban J connectivity index is 1.94. The number of benzene rings is 1. The Hall–Kier alpha value is -2.14. The summed E-state index contributed by atoms with van der Waals surface area (Å²) < 4.78 is 0. The van der Waals surface area contributed by atoms with Crippen LogP contribution < -0.4 is 11.1 Å². The van der Waals surface area contributed by atoms with E-state index in [1.165, 1.54) is 22.6 Å². The molecule has 0 saturated carbocycles. The minimum atomic E-state index is -0.454. The van der Waals surface area contributed by atoms with Gasteiger partial charge in [-0.2, -0.15) is 0 Å². The Bertz CT molecular complexity index is 788. The number of nitrogens with two attached hydrogens (primary N) is 1. The lowest BCUT2D eigenvalue weighted by Gasteiger charge is -2.08. The topological polar surface area (TPSA) is 72.2 Å². The molecule has 0 bridgehead atoms. The molecule has 126 valence electrons. The van der Waals surface area contributed by atoms with E-state index >= 15 is 0 Å². The molecule has 24 heavy (non-hydrogen) atoms. The van der Waals surface area contributed by atoms with E-state index < -0.39 is 5.91 Å². The summed E-state index contributed by atoms with van der Waals surface area (Å²) in [7, 11) is 0. The lowest BCUT2D eigenvalue weighted by Crippen LogP contribution is -2.18. The maximum absolute atomic E-state index is 12.6. The largest absolute Gasteiger partial charge is 0.365 e. The molecule has 1 aromatic carbocycles. The number of nitrogens with one attached hydrogen (secondary N) is 1. The fraction of sp³-hybridized carbons (Fsp3) is 0.368. The van der Waals surface area contributed by atoms with E-state index in [1.807, 2.05) is 32.0 Å². The zero-order chi connectivity index (χ0) is 17.3. The van der Waals surface area contributed by atoms with E-state index in [1.54, 1.807) is 0 Å². The number of aryl methyl sites for hydroxylation is 3. The molecule has 1 heterocycles. The third-order valence-electron chi connectivity index (χ3n) is 4.38. The van der Waals surface area contributed by atoms with Crippen LogP contribution in [0.3, 0.4) is 0 Å². The van der Waals surface area contributed by atoms with Gasteiger partial charge in [-0.3, -0.25) is 9.59 Å². The van der Waals surface area contributed by atoms with Crippen LogP contribution >= 0.6 is 11.3 Å². The van der Waals surface area contributed by atoms with Gasteiger partial charge in [0.25, 0.3) is 11.8 Å². The number of rotatable bonds is 3. The van der Waals surface area contributed by atoms with Gasteiger partial charge in [0.1, 0.15) is 5.00 Å². The highest BCUT2D eigenvalue weighted by Crippen LogP contribution is 2.37. The van der Waals surface area contributed by atoms with Crippen molar-refractivity contribution in [3.63, 3.8) is 0 Å². The number of anilines is 1. The van der Waals surface area contributed by atoms with Gasteiger partial charge in [0.05, 0.1) is 5.56 Å². The van der Waals surface area contributed by atoms with Crippen molar-refractivity contribution < 1.29 is 9.59 Å². The van der Waals surface area contributed by atoms with E-state index in [-0.39, 0.29) is 5.91 Å². The van der Waals surface area contributed by atoms with Gasteiger partial charge < -0.3 is 11.1 Å². The normalized spacial score (nSPS) is 13.9. The van der Waals surface area contributed by atoms with E-state index in [9.17, 15) is 9.59 Å². The molecular weight excluding hydrogens is 320 g/mol. The summed E-state index contributed by atoms with van der Waals surface area (Å²) >= 11 is 1.50. The molecule has 5 heteroatoms. The predicted octanol–water partition coefficient (Wildman–Crippen LogP) is 3.99. The number of carbonyl (C=O) groups excluding carboxylic acids is 2. The molecule has 2 aromatic rings. The van der Waals surface area contributed by atoms with Gasteiger partial charge in [0, 0.05) is 10.4 Å². The molecule has 3 N–H and O–H groups in total. The van der Waals surface area contributed by atoms with Crippen molar-refractivity contribution >= 4 is 28.2 Å². The molecule has 1 aromatic heterocycles. The van der Waals surface area contributed by atoms with Gasteiger partial charge in [-0.15, -0.1) is 11.3 Å². The fourth-order valence-corrected chi connectivity index (χ4v) is 4.66. The maximum Gasteiger partial charge on any atom is 0.256 e. The zero-order valence-corrected chi connectivity index (χ0v) is 14.9. The van der Waals surface area contributed by atoms with E-state index in [0.29, 0.717) is 16.1 Å². The molecule has 0 atom stereocenters. The number of carbonyl (C=O) groups is 2. The van der Waals surface area contributed by atoms with Crippen LogP contribution in [-0.2, 0) is 12.8 Å². The minimum absolute atomic E-state index is 0.194. The summed E-state index contributed by atoms with van der Waals surface area (Å²) in [5.74, 6) is -0.647. The average Bonchev–Trinajstić information content (AvgIpc) is 2.68. The second-order valence-electron chi connectivity index (χ2n) is 6.46. The van der Waals surface area contributed by atoms with Crippen LogP contribution in [0.5, 0.6) is 0 Å². The second-order valence-corrected chi connectivity index (χ2v) is 7.57. The number of fused-ring (bicyclic) bond motifs is 1. The standard InChI is InChI=1S/C19H22N2O2S/c1-11-8-12(2)10-13(9-11)18(23)21-19-16(17(20)22)14-6-4-3-5-7-15(14)24-19/h8-10H,3-7H2,1-2H3,(H2,20,22)(H,21,23). The summed E-state index contributed by atoms with van der Waals surface area (Å²) in [6.45, 7) is 3.93. The van der Waals surface area contributed by atoms with Crippen LogP contribution in [-0.4, -0.2) is 11.8 Å². The van der Waals surface area contributed by atoms with Crippen LogP contribution in [0.4, 0.5) is 5.00 Å². The third kappa shape index (κ3) is 3.36. The number of thiophene rings is 1. The SMILES string of the molecule is Cc1cc(C)cc(C(=O)Nc2sc3c(c2C(N)=O)CCCCC3)c1. The Morgan fingerprint density at radius 2 is 1.71 bits per heavy atom. The van der Waals surface area contributed by atoms with Crippen LogP contribution in [0.25, 0.3) is 0 Å². The summed E-state index contributed by atoms with van der Waals surface area (Å²) in [5.41, 5.74) is 9.85. The highest BCUT2D eigenvalue weighted by Gasteiger charge is 2.24. The van der Waals surface area contributed by atoms with Gasteiger partial charge >= 0.3 is 0 Å². The Morgan fingerprint density at radius 1 is 1.04 bits per heavy atom. The number of primary amides is 1. The lowest BCUT2D eigenvalue weighted by molar-refractivity contribution is 0.100. The Kier molecular flexibility index (Phi) is 4.71. The number of hydrogen-bond acceptors (Lipinski definition) is 3. The Labute approximate surface area is 146 Å². The van der Waals surface area contributed by atoms with Crippen molar-refractivity contribution in [2.24, 2.45) is 5.73 Å². The monoisotopic (exact) mass is 342 g/mol. The molecule has 0 fully saturated rings. The predicted molar refractivity (Wildman–Crippen MR) is 98.0 cm³/mol. The van der Waals surface area contributed by atoms with Crippen molar-refractivity contribution in [3.05, 3.63) is 50.9 Å². The molecular formula is C19H22N2O2S. The fourth-order valence-electron chi connectivity index (χ4n) is 3.37. The van der Waals surface area contributed by atoms with Gasteiger partial charge in [-0.05, 0) is 57.2 Å². The van der Waals surface area contributed by atoms with Crippen molar-refractivity contribution in [2.75, 3.05) is 5.32 Å². The molecule has 0 spiro atoms. The van der Waals surface area contributed by atoms with Gasteiger partial charge in [0.2, 0.25) is 0 Å². The smallest absolute Gasteiger partial charge is 0.256 e. The van der Waals surface area contributed by atoms with E-state index in [4.69, 9.17) is 5.73 Å². The van der Waals surface area contributed by atoms with Gasteiger partial charge in [-0.25, -0.2) is 0 Å². The van der Waals surface area contributed by atoms with E-state index in [0.717, 1.165) is 42.4 Å². The highest BCUT2D eigenvalue weighted by molar-refractivity contribution is 7.17. The average molecular weight is 342 g/mol. The molecule has 3 rings (SSSR count). The maximum atomic E-state index is 12.6. The van der Waals surface area contributed by atoms with Crippen LogP contribution in [0.2, 0.25) is 0 Å². The number of hydrogen-bond donors (Lipinski definition) is 2. The van der Waals surface area contributed by atoms with Crippen LogP contribution in [0.1, 0.15) is 61.5 Å². The van der Waals surface area contributed by atoms with Crippen LogP contribution in [0, 0.1) is 13.8 Å². The third-order valence-corrected chi connectivity index (χ3v) is 5.59. The first-order valence-corrected chi connectivity index (χ1v) is 9.11. The van der Waals surface area contributed by atoms with Gasteiger partial charge in [-0.1, -0.05) is 23.6 Å². The molecule has 4 nitrogen and oxygen atoms in total. The molecule has 1 aliphatic rings. The van der Waals surface area contributed by atoms with Crippen molar-refractivity contribution in [2.45, 2.75) is 46.0 Å². The van der Waals surface area contributed by atoms with Crippen LogP contribution in [0.15, 0.2) is 18.2 Å². The molecule has 0 aliphatic heterocycles. The Morgan fingerprint density at radius 3 is 2.38 bits per heavy atom. The quantitative estimate of drug-likeness (QED) is 0.828. The number of amides is 2. The summed E-state index contributed by atoms with van der Waals surface area (Å²) in [6, 6.07) is 5.73. The molecule has 0 saturated heterocycles. The molecule has 0 radical (unpaired) electrons. The van der Waals surface area contributed by atoms with Crippen molar-refractivity contribution in [1.29, 1.82) is 0 Å². The minimum Gasteiger partial charge on any atom is -0.365 e. The summed E-state index contributed by atoms with van der Waals surface area (Å²) in [5, 5.41) is 3.51. The molecule has 0 unspecified atom stereocenters. The van der Waals surface area contributed by atoms with Gasteiger partial charge in [0.15, 0.2) is 0 Å². The summed E-state index contributed by atoms with van der Waals surface area (Å²) in [4.78, 5) is 25.8. The molecule has 1 aliphatic carbocycles. The first-order valence-electron chi connectivity index (χ1n) is 8.29. The van der Waals surface area contributed by atoms with Crippen molar-refractivity contribution in [1.82, 2.24) is 0 Å². The van der Waals surface area contributed by atoms with E-state index in [2.05, 4.69) is 5.32 Å². The first kappa shape index (κ1) is 16.7. The first-order chi connectivity index (χ1) is 11.5. The summed E-state index contributed by atoms with van der Waals surface area (Å²) in [6.07, 6.45) is 5.18. The second kappa shape index (κ2) is 6.77. The highest BCUT2D eigenvalue weighted by atomic mass is 32.1.